The molecule has 8 aromatic rings. The minimum atomic E-state index is -1.24. The van der Waals surface area contributed by atoms with Gasteiger partial charge in [0, 0.05) is 196 Å². The van der Waals surface area contributed by atoms with Crippen LogP contribution in [-0.4, -0.2) is 221 Å². The number of rotatable bonds is 34. The van der Waals surface area contributed by atoms with Gasteiger partial charge in [-0.3, -0.25) is 115 Å². The molecule has 4 saturated heterocycles. The van der Waals surface area contributed by atoms with E-state index in [1.807, 2.05) is 78.9 Å². The Morgan fingerprint density at radius 1 is 0.300 bits per heavy atom. The molecule has 0 saturated carbocycles. The van der Waals surface area contributed by atoms with Crippen LogP contribution in [0.4, 0.5) is 41.9 Å². The average Bonchev–Trinajstić information content (AvgIpc) is 1.61. The molecule has 8 aromatic carbocycles. The number of nitrogens with one attached hydrogen (secondary N) is 4. The second-order valence-electron chi connectivity index (χ2n) is 33.7. The molecule has 0 radical (unpaired) electrons. The smallest absolute Gasteiger partial charge is 0.432 e. The Morgan fingerprint density at radius 2 is 0.533 bits per heavy atom. The lowest BCUT2D eigenvalue weighted by Crippen LogP contribution is -2.33. The van der Waals surface area contributed by atoms with Gasteiger partial charge in [0.05, 0.1) is 24.1 Å². The van der Waals surface area contributed by atoms with Gasteiger partial charge in [0.1, 0.15) is 26.4 Å². The van der Waals surface area contributed by atoms with Gasteiger partial charge in [-0.15, -0.1) is 8.67 Å². The summed E-state index contributed by atoms with van der Waals surface area (Å²) in [7, 11) is 0. The fraction of sp³-hybridized carbons (Fsp3) is 0.260. The largest absolute Gasteiger partial charge is 0.533 e. The Labute approximate surface area is 865 Å². The molecule has 4 atom stereocenters. The molecule has 4 aliphatic carbocycles. The highest BCUT2D eigenvalue weighted by Gasteiger charge is 2.42. The van der Waals surface area contributed by atoms with Crippen LogP contribution in [-0.2, 0) is 143 Å². The minimum Gasteiger partial charge on any atom is -0.432 e. The predicted molar refractivity (Wildman–Crippen MR) is 521 cm³/mol. The van der Waals surface area contributed by atoms with Crippen molar-refractivity contribution in [1.29, 1.82) is 0 Å². The summed E-state index contributed by atoms with van der Waals surface area (Å²) < 4.78 is 30.1. The summed E-state index contributed by atoms with van der Waals surface area (Å²) in [6.07, 6.45) is -0.231. The van der Waals surface area contributed by atoms with E-state index in [4.69, 9.17) is 48.8 Å². The van der Waals surface area contributed by atoms with Gasteiger partial charge in [-0.25, -0.2) is 29.7 Å². The van der Waals surface area contributed by atoms with Gasteiger partial charge in [0.15, 0.2) is 10.2 Å². The molecular formula is C100H86N10O36S4. The number of amides is 16. The molecule has 4 fully saturated rings. The lowest BCUT2D eigenvalue weighted by atomic mass is 9.97. The maximum atomic E-state index is 12.6. The molecule has 50 heteroatoms. The van der Waals surface area contributed by atoms with E-state index in [-0.39, 0.29) is 156 Å². The van der Waals surface area contributed by atoms with Crippen LogP contribution in [0, 0.1) is 0 Å². The van der Waals surface area contributed by atoms with Gasteiger partial charge in [0.2, 0.25) is 23.6 Å². The van der Waals surface area contributed by atoms with E-state index in [0.29, 0.717) is 69.9 Å². The maximum Gasteiger partial charge on any atom is 0.533 e. The lowest BCUT2D eigenvalue weighted by molar-refractivity contribution is -0.432. The third-order valence-corrected chi connectivity index (χ3v) is 26.9. The monoisotopic (exact) mass is 2130 g/mol. The molecule has 0 bridgehead atoms. The molecule has 16 amide bonds. The number of hydrogen-bond donors (Lipinski definition) is 6. The highest BCUT2D eigenvalue weighted by Crippen LogP contribution is 2.52. The number of ether oxygens (including phenoxy) is 4. The third kappa shape index (κ3) is 26.4. The zero-order chi connectivity index (χ0) is 107. The molecular weight excluding hydrogens is 2050 g/mol. The molecule has 0 aromatic heterocycles. The molecule has 46 nitrogen and oxygen atoms in total. The molecule has 4 unspecified atom stereocenters. The lowest BCUT2D eigenvalue weighted by Gasteiger charge is -2.17. The van der Waals surface area contributed by atoms with Gasteiger partial charge in [-0.1, -0.05) is 139 Å². The van der Waals surface area contributed by atoms with Crippen molar-refractivity contribution in [2.75, 3.05) is 72.3 Å². The zero-order valence-corrected chi connectivity index (χ0v) is 82.1. The van der Waals surface area contributed by atoms with E-state index in [1.54, 1.807) is 78.9 Å². The van der Waals surface area contributed by atoms with Crippen LogP contribution in [0.1, 0.15) is 159 Å². The first-order valence-corrected chi connectivity index (χ1v) is 49.3. The topological polar surface area (TPSA) is 594 Å². The number of benzene rings is 8. The van der Waals surface area contributed by atoms with Crippen LogP contribution in [0.2, 0.25) is 0 Å². The summed E-state index contributed by atoms with van der Waals surface area (Å²) in [6, 6.07) is 47.2. The quantitative estimate of drug-likeness (QED) is 0.00545. The number of imide groups is 6. The van der Waals surface area contributed by atoms with Gasteiger partial charge >= 0.3 is 24.6 Å². The number of fused-ring (bicyclic) bond motifs is 12. The van der Waals surface area contributed by atoms with E-state index >= 15 is 0 Å². The van der Waals surface area contributed by atoms with Crippen molar-refractivity contribution in [3.05, 3.63) is 227 Å². The molecule has 10 aliphatic rings. The van der Waals surface area contributed by atoms with Crippen molar-refractivity contribution in [3.8, 4) is 44.5 Å². The van der Waals surface area contributed by atoms with Gasteiger partial charge in [-0.05, 0) is 162 Å². The second-order valence-corrected chi connectivity index (χ2v) is 37.8. The number of thioether (sulfide) groups is 2. The van der Waals surface area contributed by atoms with Crippen molar-refractivity contribution in [2.45, 2.75) is 124 Å². The van der Waals surface area contributed by atoms with Gasteiger partial charge in [0.25, 0.3) is 70.9 Å². The SMILES string of the molecule is CC(=O)SCCC(=O)Nc1ccc2c(c1)C(COC(=O)ON1C(=O)CCC1=O)c1cc(SOOO)ccc1-2.CC(=O)SCCC(=O)Nc1ccc2c(c1)C(COC(=O)ON1C(=O)CCC1=O)c1ccccc1-2.O=C(CCN1C(=O)C=CC1=O)Nc1ccc2c(c1)C(COC(=O)ON1C(=O)CCC1=O)c1cc(SOOO)ccc1-2.O=C(CCN1C(=O)C=CC1=O)Nc1ccc2c(c1)C(COC(=O)ON1C(=O)CCC1=O)c1ccccc1-2. The van der Waals surface area contributed by atoms with Crippen LogP contribution in [0.15, 0.2) is 192 Å². The van der Waals surface area contributed by atoms with Crippen molar-refractivity contribution in [1.82, 2.24) is 30.1 Å². The van der Waals surface area contributed by atoms with E-state index in [1.165, 1.54) is 13.8 Å². The van der Waals surface area contributed by atoms with E-state index in [9.17, 15) is 105 Å². The average molecular weight is 2130 g/mol. The molecule has 6 N–H and O–H groups in total. The molecule has 6 aliphatic heterocycles. The number of nitrogens with zero attached hydrogens (tertiary/aromatic N) is 6. The van der Waals surface area contributed by atoms with Crippen LogP contribution in [0.5, 0.6) is 0 Å². The molecule has 150 heavy (non-hydrogen) atoms. The first kappa shape index (κ1) is 108. The van der Waals surface area contributed by atoms with Crippen molar-refractivity contribution >= 4 is 200 Å². The fourth-order valence-electron chi connectivity index (χ4n) is 17.4. The van der Waals surface area contributed by atoms with Crippen LogP contribution in [0.25, 0.3) is 44.5 Å². The molecule has 776 valence electrons. The van der Waals surface area contributed by atoms with E-state index in [2.05, 4.69) is 40.0 Å². The zero-order valence-electron chi connectivity index (χ0n) is 78.9. The summed E-state index contributed by atoms with van der Waals surface area (Å²) in [5.41, 5.74) is 15.5. The summed E-state index contributed by atoms with van der Waals surface area (Å²) >= 11 is 3.67. The third-order valence-electron chi connectivity index (χ3n) is 24.1. The first-order valence-electron chi connectivity index (χ1n) is 45.8. The first-order chi connectivity index (χ1) is 72.1. The maximum absolute atomic E-state index is 12.6. The molecule has 18 rings (SSSR count). The minimum absolute atomic E-state index is 0.00255. The number of carbonyl (C=O) groups excluding carboxylic acids is 22. The summed E-state index contributed by atoms with van der Waals surface area (Å²) in [4.78, 5) is 284. The summed E-state index contributed by atoms with van der Waals surface area (Å²) in [6.45, 7) is 2.14. The van der Waals surface area contributed by atoms with Crippen molar-refractivity contribution in [2.24, 2.45) is 0 Å². The second kappa shape index (κ2) is 49.4. The number of anilines is 4. The number of hydrogen-bond acceptors (Lipinski definition) is 40. The number of hydroxylamine groups is 8. The van der Waals surface area contributed by atoms with Crippen LogP contribution >= 0.6 is 47.6 Å². The Morgan fingerprint density at radius 3 is 0.793 bits per heavy atom. The highest BCUT2D eigenvalue weighted by atomic mass is 32.2. The Bertz CT molecular complexity index is 6850. The highest BCUT2D eigenvalue weighted by molar-refractivity contribution is 8.13. The summed E-state index contributed by atoms with van der Waals surface area (Å²) in [5.74, 6) is -9.06. The number of carbonyl (C=O) groups is 22. The van der Waals surface area contributed by atoms with E-state index in [0.717, 1.165) is 165 Å². The van der Waals surface area contributed by atoms with Gasteiger partial charge in [-0.2, -0.15) is 0 Å². The normalized spacial score (nSPS) is 16.7. The Hall–Kier alpha value is -16.5. The van der Waals surface area contributed by atoms with Crippen molar-refractivity contribution in [3.63, 3.8) is 0 Å². The van der Waals surface area contributed by atoms with Crippen LogP contribution < -0.4 is 21.3 Å². The fourth-order valence-corrected chi connectivity index (χ4v) is 19.3. The Kier molecular flexibility index (Phi) is 35.5. The summed E-state index contributed by atoms with van der Waals surface area (Å²) in [5, 5.41) is 37.0. The van der Waals surface area contributed by atoms with Crippen molar-refractivity contribution < 1.29 is 173 Å². The van der Waals surface area contributed by atoms with Gasteiger partial charge < -0.3 is 40.2 Å². The van der Waals surface area contributed by atoms with E-state index < -0.39 is 113 Å². The Balaban J connectivity index is 0.000000150. The predicted octanol–water partition coefficient (Wildman–Crippen LogP) is 12.6. The standard InChI is InChI=1S/C26H21N3O11S.C26H21N3O8.C24H22N2O10S2.C24H22N2O7S/c30-21(9-10-28-22(31)5-6-23(28)32)27-14-1-3-16-17-4-2-15(41-40-39-36)12-19(17)20(18(16)11-14)13-37-26(35)38-29-24(33)7-8-25(29)34;30-21(11-12-28-22(31)7-8-23(28)32)27-15-5-6-18-16-3-1-2-4-17(16)20(19(18)13-15)14-36-26(35)37-29-24(33)9-10-25(29)34;1-13(27)37-9-8-21(28)25-14-2-4-16-17-5-3-15(38-36-35-32)11-19(17)20(18(16)10-14)12-33-24(31)34-26-22(29)6-7-23(26)30;1-14(27)34-11-10-21(28)25-15-6-7-18-16-4-2-3-5-17(16)20(19(18)12-15)13-32-24(31)33-26-22(29)8-9-23(26)30/h1-6,11-12,20,36H,7-10,13H2,(H,27,30);1-8,13,20H,9-12,14H2,(H,27,30);2-5,10-11,20,32H,6-9,12H2,1H3,(H,25,28);2-7,12,20H,8-11,13H2,1H3,(H,25,28). The molecule has 6 heterocycles. The van der Waals surface area contributed by atoms with Crippen LogP contribution in [0.3, 0.4) is 0 Å². The molecule has 0 spiro atoms.